The molecular weight excluding hydrogens is 208 g/mol. The summed E-state index contributed by atoms with van der Waals surface area (Å²) >= 11 is 5.10. The van der Waals surface area contributed by atoms with Crippen molar-refractivity contribution in [1.82, 2.24) is 10.2 Å². The van der Waals surface area contributed by atoms with E-state index in [1.54, 1.807) is 0 Å². The maximum absolute atomic E-state index is 11.4. The van der Waals surface area contributed by atoms with Gasteiger partial charge in [0, 0.05) is 11.3 Å². The fourth-order valence-electron chi connectivity index (χ4n) is 1.51. The summed E-state index contributed by atoms with van der Waals surface area (Å²) in [6.45, 7) is 1.88. The van der Waals surface area contributed by atoms with Crippen molar-refractivity contribution in [1.29, 1.82) is 0 Å². The van der Waals surface area contributed by atoms with Crippen molar-refractivity contribution >= 4 is 12.2 Å². The van der Waals surface area contributed by atoms with E-state index < -0.39 is 0 Å². The average molecular weight is 218 g/mol. The number of aryl methyl sites for hydroxylation is 1. The van der Waals surface area contributed by atoms with Crippen molar-refractivity contribution in [3.63, 3.8) is 0 Å². The standard InChI is InChI=1S/C11H10N2OS/c1-7-9(8-5-3-2-4-6-8)10(15)11(14)13-12-7/h2-6H,1H3,(H,12,15)(H,13,14). The van der Waals surface area contributed by atoms with E-state index in [4.69, 9.17) is 12.2 Å². The first-order valence-corrected chi connectivity index (χ1v) is 4.98. The maximum atomic E-state index is 11.4. The third kappa shape index (κ3) is 1.76. The summed E-state index contributed by atoms with van der Waals surface area (Å²) in [6.07, 6.45) is 0. The number of hydrogen-bond acceptors (Lipinski definition) is 2. The topological polar surface area (TPSA) is 48.6 Å². The third-order valence-electron chi connectivity index (χ3n) is 2.23. The molecule has 1 heterocycles. The minimum atomic E-state index is -0.255. The molecule has 76 valence electrons. The van der Waals surface area contributed by atoms with Gasteiger partial charge < -0.3 is 5.10 Å². The van der Waals surface area contributed by atoms with Crippen LogP contribution in [-0.4, -0.2) is 10.2 Å². The molecule has 2 rings (SSSR count). The van der Waals surface area contributed by atoms with Crippen LogP contribution in [0.1, 0.15) is 5.69 Å². The molecular formula is C11H10N2OS. The van der Waals surface area contributed by atoms with Crippen LogP contribution in [0.15, 0.2) is 35.1 Å². The van der Waals surface area contributed by atoms with Crippen molar-refractivity contribution in [3.05, 3.63) is 50.9 Å². The highest BCUT2D eigenvalue weighted by atomic mass is 32.1. The van der Waals surface area contributed by atoms with Crippen LogP contribution in [0.2, 0.25) is 0 Å². The Bertz CT molecular complexity index is 584. The molecule has 0 saturated carbocycles. The summed E-state index contributed by atoms with van der Waals surface area (Å²) in [6, 6.07) is 9.64. The molecule has 1 aromatic carbocycles. The second kappa shape index (κ2) is 3.82. The number of nitrogens with one attached hydrogen (secondary N) is 2. The highest BCUT2D eigenvalue weighted by molar-refractivity contribution is 7.71. The minimum Gasteiger partial charge on any atom is -0.302 e. The van der Waals surface area contributed by atoms with Crippen molar-refractivity contribution in [2.75, 3.05) is 0 Å². The van der Waals surface area contributed by atoms with Crippen LogP contribution < -0.4 is 5.56 Å². The molecule has 0 atom stereocenters. The number of benzene rings is 1. The maximum Gasteiger partial charge on any atom is 0.281 e. The summed E-state index contributed by atoms with van der Waals surface area (Å²) in [4.78, 5) is 11.4. The van der Waals surface area contributed by atoms with Gasteiger partial charge in [0.25, 0.3) is 5.56 Å². The first-order valence-electron chi connectivity index (χ1n) is 4.57. The van der Waals surface area contributed by atoms with E-state index in [2.05, 4.69) is 10.2 Å². The number of aromatic nitrogens is 2. The highest BCUT2D eigenvalue weighted by Gasteiger charge is 2.05. The fraction of sp³-hybridized carbons (Fsp3) is 0.0909. The normalized spacial score (nSPS) is 10.2. The molecule has 0 saturated heterocycles. The van der Waals surface area contributed by atoms with Crippen LogP contribution in [0.4, 0.5) is 0 Å². The lowest BCUT2D eigenvalue weighted by Gasteiger charge is -2.04. The SMILES string of the molecule is Cc1[nH][nH]c(=O)c(=S)c1-c1ccccc1. The summed E-state index contributed by atoms with van der Waals surface area (Å²) in [7, 11) is 0. The molecule has 1 aromatic heterocycles. The first-order chi connectivity index (χ1) is 7.20. The van der Waals surface area contributed by atoms with E-state index in [1.165, 1.54) is 0 Å². The molecule has 0 bridgehead atoms. The molecule has 4 heteroatoms. The Labute approximate surface area is 91.8 Å². The first kappa shape index (κ1) is 9.86. The average Bonchev–Trinajstić information content (AvgIpc) is 2.26. The molecule has 2 aromatic rings. The number of aromatic amines is 2. The zero-order valence-electron chi connectivity index (χ0n) is 8.20. The van der Waals surface area contributed by atoms with E-state index in [0.29, 0.717) is 4.51 Å². The van der Waals surface area contributed by atoms with E-state index in [1.807, 2.05) is 37.3 Å². The summed E-state index contributed by atoms with van der Waals surface area (Å²) in [5.41, 5.74) is 2.37. The molecule has 0 spiro atoms. The van der Waals surface area contributed by atoms with Gasteiger partial charge in [-0.1, -0.05) is 42.5 Å². The smallest absolute Gasteiger partial charge is 0.281 e. The molecule has 0 unspecified atom stereocenters. The Morgan fingerprint density at radius 1 is 1.13 bits per heavy atom. The zero-order chi connectivity index (χ0) is 10.8. The third-order valence-corrected chi connectivity index (χ3v) is 2.62. The summed E-state index contributed by atoms with van der Waals surface area (Å²) in [5, 5.41) is 5.30. The van der Waals surface area contributed by atoms with Gasteiger partial charge in [-0.3, -0.25) is 9.89 Å². The van der Waals surface area contributed by atoms with Crippen LogP contribution in [0.5, 0.6) is 0 Å². The van der Waals surface area contributed by atoms with Crippen molar-refractivity contribution in [2.24, 2.45) is 0 Å². The molecule has 2 N–H and O–H groups in total. The molecule has 15 heavy (non-hydrogen) atoms. The predicted molar refractivity (Wildman–Crippen MR) is 62.4 cm³/mol. The van der Waals surface area contributed by atoms with E-state index in [9.17, 15) is 4.79 Å². The van der Waals surface area contributed by atoms with Gasteiger partial charge >= 0.3 is 0 Å². The minimum absolute atomic E-state index is 0.255. The van der Waals surface area contributed by atoms with Crippen molar-refractivity contribution in [2.45, 2.75) is 6.92 Å². The van der Waals surface area contributed by atoms with Crippen LogP contribution in [0, 0.1) is 11.4 Å². The van der Waals surface area contributed by atoms with Gasteiger partial charge in [0.2, 0.25) is 0 Å². The summed E-state index contributed by atoms with van der Waals surface area (Å²) < 4.78 is 0.331. The molecule has 0 fully saturated rings. The van der Waals surface area contributed by atoms with Crippen LogP contribution in [0.3, 0.4) is 0 Å². The van der Waals surface area contributed by atoms with Gasteiger partial charge in [-0.15, -0.1) is 0 Å². The lowest BCUT2D eigenvalue weighted by molar-refractivity contribution is 0.944. The fourth-order valence-corrected chi connectivity index (χ4v) is 1.83. The molecule has 0 aliphatic rings. The zero-order valence-corrected chi connectivity index (χ0v) is 9.02. The Morgan fingerprint density at radius 3 is 2.47 bits per heavy atom. The molecule has 0 aliphatic heterocycles. The van der Waals surface area contributed by atoms with E-state index >= 15 is 0 Å². The van der Waals surface area contributed by atoms with Gasteiger partial charge in [-0.05, 0) is 12.5 Å². The largest absolute Gasteiger partial charge is 0.302 e. The molecule has 0 aliphatic carbocycles. The van der Waals surface area contributed by atoms with Crippen molar-refractivity contribution < 1.29 is 0 Å². The Morgan fingerprint density at radius 2 is 1.80 bits per heavy atom. The van der Waals surface area contributed by atoms with Gasteiger partial charge in [0.15, 0.2) is 0 Å². The number of H-pyrrole nitrogens is 2. The van der Waals surface area contributed by atoms with Gasteiger partial charge in [0.1, 0.15) is 4.51 Å². The number of hydrogen-bond donors (Lipinski definition) is 2. The Balaban J connectivity index is 2.79. The van der Waals surface area contributed by atoms with Crippen LogP contribution in [0.25, 0.3) is 11.1 Å². The Kier molecular flexibility index (Phi) is 2.51. The van der Waals surface area contributed by atoms with Crippen molar-refractivity contribution in [3.8, 4) is 11.1 Å². The van der Waals surface area contributed by atoms with Gasteiger partial charge in [-0.25, -0.2) is 0 Å². The molecule has 0 amide bonds. The Hall–Kier alpha value is -1.68. The lowest BCUT2D eigenvalue weighted by Crippen LogP contribution is -2.11. The lowest BCUT2D eigenvalue weighted by atomic mass is 10.1. The van der Waals surface area contributed by atoms with Gasteiger partial charge in [0.05, 0.1) is 0 Å². The van der Waals surface area contributed by atoms with Crippen LogP contribution in [-0.2, 0) is 0 Å². The second-order valence-electron chi connectivity index (χ2n) is 3.27. The summed E-state index contributed by atoms with van der Waals surface area (Å²) in [5.74, 6) is 0. The molecule has 3 nitrogen and oxygen atoms in total. The van der Waals surface area contributed by atoms with E-state index in [-0.39, 0.29) is 5.56 Å². The monoisotopic (exact) mass is 218 g/mol. The second-order valence-corrected chi connectivity index (χ2v) is 3.68. The quantitative estimate of drug-likeness (QED) is 0.722. The van der Waals surface area contributed by atoms with Crippen LogP contribution >= 0.6 is 12.2 Å². The molecule has 0 radical (unpaired) electrons. The highest BCUT2D eigenvalue weighted by Crippen LogP contribution is 2.20. The van der Waals surface area contributed by atoms with Gasteiger partial charge in [-0.2, -0.15) is 0 Å². The predicted octanol–water partition coefficient (Wildman–Crippen LogP) is 2.41. The van der Waals surface area contributed by atoms with E-state index in [0.717, 1.165) is 16.8 Å². The number of rotatable bonds is 1.